The zero-order chi connectivity index (χ0) is 37.0. The van der Waals surface area contributed by atoms with Crippen molar-refractivity contribution in [3.05, 3.63) is 176 Å². The maximum Gasteiger partial charge on any atom is 0.136 e. The van der Waals surface area contributed by atoms with Gasteiger partial charge in [-0.2, -0.15) is 0 Å². The number of fused-ring (bicyclic) bond motifs is 4. The number of aromatic hydroxyl groups is 1. The summed E-state index contributed by atoms with van der Waals surface area (Å²) in [6.07, 6.45) is 0. The molecule has 0 bridgehead atoms. The quantitative estimate of drug-likeness (QED) is 0.187. The topological polar surface area (TPSA) is 64.1 Å². The molecule has 4 heterocycles. The van der Waals surface area contributed by atoms with Crippen LogP contribution in [0.4, 0.5) is 0 Å². The molecule has 5 heteroatoms. The SMILES string of the molecule is Cc1cc(-c2ccc(-c3ccc4c(c3)oc3ccccc34)n2C)cc(-c2cccc(-c3cc(-c4ccccc4)cc(-c4ccc5ccccc5c4O)n3)c2)n1. The lowest BCUT2D eigenvalue weighted by Gasteiger charge is -2.14. The van der Waals surface area contributed by atoms with E-state index >= 15 is 0 Å². The number of pyridine rings is 2. The molecule has 0 atom stereocenters. The van der Waals surface area contributed by atoms with Gasteiger partial charge in [0.15, 0.2) is 0 Å². The van der Waals surface area contributed by atoms with E-state index in [0.717, 1.165) is 94.6 Å². The number of furan rings is 1. The molecule has 0 aliphatic carbocycles. The molecule has 4 aromatic heterocycles. The first-order chi connectivity index (χ1) is 27.0. The monoisotopic (exact) mass is 709 g/mol. The van der Waals surface area contributed by atoms with E-state index < -0.39 is 0 Å². The Morgan fingerprint density at radius 2 is 1.11 bits per heavy atom. The first-order valence-electron chi connectivity index (χ1n) is 18.4. The van der Waals surface area contributed by atoms with Crippen LogP contribution in [0, 0.1) is 6.92 Å². The van der Waals surface area contributed by atoms with E-state index in [-0.39, 0.29) is 5.75 Å². The van der Waals surface area contributed by atoms with Crippen LogP contribution < -0.4 is 0 Å². The molecule has 10 rings (SSSR count). The van der Waals surface area contributed by atoms with Crippen LogP contribution in [-0.2, 0) is 7.05 Å². The van der Waals surface area contributed by atoms with Gasteiger partial charge in [-0.3, -0.25) is 4.98 Å². The molecule has 0 amide bonds. The highest BCUT2D eigenvalue weighted by Gasteiger charge is 2.17. The number of hydrogen-bond donors (Lipinski definition) is 1. The Morgan fingerprint density at radius 1 is 0.455 bits per heavy atom. The molecule has 0 unspecified atom stereocenters. The molecule has 0 saturated carbocycles. The lowest BCUT2D eigenvalue weighted by atomic mass is 9.97. The van der Waals surface area contributed by atoms with Crippen LogP contribution in [0.2, 0.25) is 0 Å². The summed E-state index contributed by atoms with van der Waals surface area (Å²) in [5.41, 5.74) is 14.3. The van der Waals surface area contributed by atoms with E-state index in [1.54, 1.807) is 0 Å². The molecule has 10 aromatic rings. The van der Waals surface area contributed by atoms with Gasteiger partial charge in [0.1, 0.15) is 16.9 Å². The Morgan fingerprint density at radius 3 is 1.95 bits per heavy atom. The van der Waals surface area contributed by atoms with Gasteiger partial charge in [-0.1, -0.05) is 103 Å². The second kappa shape index (κ2) is 13.0. The van der Waals surface area contributed by atoms with Gasteiger partial charge >= 0.3 is 0 Å². The molecule has 0 spiro atoms. The van der Waals surface area contributed by atoms with Crippen molar-refractivity contribution >= 4 is 32.7 Å². The van der Waals surface area contributed by atoms with E-state index in [1.165, 1.54) is 0 Å². The average Bonchev–Trinajstić information content (AvgIpc) is 3.80. The molecule has 5 nitrogen and oxygen atoms in total. The normalized spacial score (nSPS) is 11.5. The van der Waals surface area contributed by atoms with E-state index in [1.807, 2.05) is 79.7 Å². The van der Waals surface area contributed by atoms with Crippen molar-refractivity contribution in [3.63, 3.8) is 0 Å². The number of phenolic OH excluding ortho intramolecular Hbond substituents is 1. The summed E-state index contributed by atoms with van der Waals surface area (Å²) in [6, 6.07) is 58.1. The summed E-state index contributed by atoms with van der Waals surface area (Å²) in [5.74, 6) is 0.228. The van der Waals surface area contributed by atoms with Crippen LogP contribution in [0.5, 0.6) is 5.75 Å². The summed E-state index contributed by atoms with van der Waals surface area (Å²) in [4.78, 5) is 10.2. The second-order valence-electron chi connectivity index (χ2n) is 14.1. The lowest BCUT2D eigenvalue weighted by Crippen LogP contribution is -1.97. The Hall–Kier alpha value is -7.24. The molecule has 0 saturated heterocycles. The lowest BCUT2D eigenvalue weighted by molar-refractivity contribution is 0.483. The van der Waals surface area contributed by atoms with Crippen molar-refractivity contribution in [2.24, 2.45) is 7.05 Å². The van der Waals surface area contributed by atoms with Crippen LogP contribution in [-0.4, -0.2) is 19.6 Å². The molecule has 0 aliphatic heterocycles. The van der Waals surface area contributed by atoms with Gasteiger partial charge in [0.2, 0.25) is 0 Å². The zero-order valence-corrected chi connectivity index (χ0v) is 30.4. The molecule has 55 heavy (non-hydrogen) atoms. The van der Waals surface area contributed by atoms with Gasteiger partial charge in [0.05, 0.1) is 17.1 Å². The van der Waals surface area contributed by atoms with Crippen molar-refractivity contribution in [2.75, 3.05) is 0 Å². The fourth-order valence-corrected chi connectivity index (χ4v) is 7.85. The van der Waals surface area contributed by atoms with Gasteiger partial charge in [0, 0.05) is 68.1 Å². The number of phenols is 1. The molecular weight excluding hydrogens is 675 g/mol. The first-order valence-corrected chi connectivity index (χ1v) is 18.4. The predicted molar refractivity (Wildman–Crippen MR) is 225 cm³/mol. The number of aryl methyl sites for hydroxylation is 1. The van der Waals surface area contributed by atoms with Crippen molar-refractivity contribution in [3.8, 4) is 73.2 Å². The molecular formula is C50H35N3O2. The highest BCUT2D eigenvalue weighted by Crippen LogP contribution is 2.39. The maximum atomic E-state index is 11.5. The molecule has 1 N–H and O–H groups in total. The Bertz CT molecular complexity index is 3080. The zero-order valence-electron chi connectivity index (χ0n) is 30.4. The van der Waals surface area contributed by atoms with Gasteiger partial charge in [0.25, 0.3) is 0 Å². The van der Waals surface area contributed by atoms with Crippen LogP contribution in [0.3, 0.4) is 0 Å². The smallest absolute Gasteiger partial charge is 0.136 e. The van der Waals surface area contributed by atoms with E-state index in [2.05, 4.69) is 109 Å². The number of benzene rings is 6. The first kappa shape index (κ1) is 32.4. The van der Waals surface area contributed by atoms with Crippen LogP contribution >= 0.6 is 0 Å². The Labute approximate surface area is 318 Å². The highest BCUT2D eigenvalue weighted by atomic mass is 16.3. The minimum absolute atomic E-state index is 0.228. The van der Waals surface area contributed by atoms with Crippen molar-refractivity contribution in [1.82, 2.24) is 14.5 Å². The predicted octanol–water partition coefficient (Wildman–Crippen LogP) is 12.9. The number of rotatable bonds is 6. The molecule has 0 fully saturated rings. The Kier molecular flexibility index (Phi) is 7.67. The number of nitrogens with zero attached hydrogens (tertiary/aromatic N) is 3. The molecule has 6 aromatic carbocycles. The standard InChI is InChI=1S/C50H35N3O2/c1-31-25-38(47-24-23-46(53(47)2)36-20-21-41-40-17-8-9-18-48(40)55-49(41)30-36)29-43(51-31)34-14-10-15-35(26-34)44-27-37(32-11-4-3-5-12-32)28-45(52-44)42-22-19-33-13-6-7-16-39(33)50(42)54/h3-30,54H,1-2H3. The number of hydrogen-bond acceptors (Lipinski definition) is 4. The van der Waals surface area contributed by atoms with Gasteiger partial charge in [-0.15, -0.1) is 0 Å². The molecule has 262 valence electrons. The summed E-state index contributed by atoms with van der Waals surface area (Å²) < 4.78 is 8.45. The van der Waals surface area contributed by atoms with E-state index in [9.17, 15) is 5.11 Å². The third kappa shape index (κ3) is 5.74. The number of aromatic nitrogens is 3. The van der Waals surface area contributed by atoms with Crippen molar-refractivity contribution in [1.29, 1.82) is 0 Å². The largest absolute Gasteiger partial charge is 0.507 e. The van der Waals surface area contributed by atoms with Crippen molar-refractivity contribution < 1.29 is 9.52 Å². The highest BCUT2D eigenvalue weighted by molar-refractivity contribution is 6.06. The summed E-state index contributed by atoms with van der Waals surface area (Å²) in [6.45, 7) is 2.05. The van der Waals surface area contributed by atoms with Gasteiger partial charge in [-0.25, -0.2) is 4.98 Å². The maximum absolute atomic E-state index is 11.5. The fourth-order valence-electron chi connectivity index (χ4n) is 7.85. The van der Waals surface area contributed by atoms with Crippen LogP contribution in [0.25, 0.3) is 100 Å². The Balaban J connectivity index is 1.04. The number of para-hydroxylation sites is 1. The van der Waals surface area contributed by atoms with Crippen molar-refractivity contribution in [2.45, 2.75) is 6.92 Å². The third-order valence-electron chi connectivity index (χ3n) is 10.6. The average molecular weight is 710 g/mol. The van der Waals surface area contributed by atoms with Gasteiger partial charge < -0.3 is 14.1 Å². The summed E-state index contributed by atoms with van der Waals surface area (Å²) >= 11 is 0. The molecule has 0 aliphatic rings. The third-order valence-corrected chi connectivity index (χ3v) is 10.6. The van der Waals surface area contributed by atoms with Crippen LogP contribution in [0.15, 0.2) is 174 Å². The summed E-state index contributed by atoms with van der Waals surface area (Å²) in [7, 11) is 2.11. The minimum atomic E-state index is 0.228. The van der Waals surface area contributed by atoms with E-state index in [0.29, 0.717) is 11.3 Å². The molecule has 0 radical (unpaired) electrons. The van der Waals surface area contributed by atoms with Gasteiger partial charge in [-0.05, 0) is 90.2 Å². The van der Waals surface area contributed by atoms with E-state index in [4.69, 9.17) is 14.4 Å². The van der Waals surface area contributed by atoms with Crippen LogP contribution in [0.1, 0.15) is 5.69 Å². The second-order valence-corrected chi connectivity index (χ2v) is 14.1. The summed E-state index contributed by atoms with van der Waals surface area (Å²) in [5, 5.41) is 15.5. The minimum Gasteiger partial charge on any atom is -0.507 e. The fraction of sp³-hybridized carbons (Fsp3) is 0.0400.